The molecule has 2 rings (SSSR count). The molecule has 2 aliphatic rings. The fraction of sp³-hybridized carbons (Fsp3) is 0.700. The Morgan fingerprint density at radius 2 is 2.04 bits per heavy atom. The Kier molecular flexibility index (Phi) is 5.35. The van der Waals surface area contributed by atoms with Crippen LogP contribution in [0.25, 0.3) is 0 Å². The summed E-state index contributed by atoms with van der Waals surface area (Å²) in [6, 6.07) is 0. The Hall–Kier alpha value is -0.380. The van der Waals surface area contributed by atoms with Crippen LogP contribution in [0.2, 0.25) is 0 Å². The summed E-state index contributed by atoms with van der Waals surface area (Å²) in [6.07, 6.45) is 10.6. The van der Waals surface area contributed by atoms with Gasteiger partial charge in [-0.15, -0.1) is 0 Å². The van der Waals surface area contributed by atoms with Gasteiger partial charge >= 0.3 is 0 Å². The van der Waals surface area contributed by atoms with Crippen molar-refractivity contribution in [2.45, 2.75) is 75.8 Å². The van der Waals surface area contributed by atoms with E-state index in [1.165, 1.54) is 5.57 Å². The Labute approximate surface area is 149 Å². The first-order valence-corrected chi connectivity index (χ1v) is 9.54. The third-order valence-corrected chi connectivity index (χ3v) is 7.45. The first-order chi connectivity index (χ1) is 10.5. The van der Waals surface area contributed by atoms with E-state index in [-0.39, 0.29) is 5.41 Å². The SMILES string of the molecule is C=C1CC[C@@H](Br)[C@]2(C)CC[C@@H](/C(C)=C/C=C/C(C)(C)O)C[C@@]12O. The first kappa shape index (κ1) is 19.0. The van der Waals surface area contributed by atoms with E-state index in [4.69, 9.17) is 0 Å². The molecule has 2 N–H and O–H groups in total. The van der Waals surface area contributed by atoms with Gasteiger partial charge in [0.05, 0.1) is 11.2 Å². The lowest BCUT2D eigenvalue weighted by Gasteiger charge is -2.57. The van der Waals surface area contributed by atoms with E-state index in [9.17, 15) is 10.2 Å². The van der Waals surface area contributed by atoms with Crippen molar-refractivity contribution in [1.82, 2.24) is 0 Å². The molecule has 0 aromatic carbocycles. The monoisotopic (exact) mass is 382 g/mol. The van der Waals surface area contributed by atoms with Crippen LogP contribution in [0.15, 0.2) is 36.0 Å². The summed E-state index contributed by atoms with van der Waals surface area (Å²) in [6.45, 7) is 12.1. The number of allylic oxidation sites excluding steroid dienone is 3. The number of aliphatic hydroxyl groups is 2. The Bertz CT molecular complexity index is 528. The number of fused-ring (bicyclic) bond motifs is 1. The largest absolute Gasteiger partial charge is 0.386 e. The van der Waals surface area contributed by atoms with Crippen LogP contribution in [0, 0.1) is 11.3 Å². The van der Waals surface area contributed by atoms with Crippen LogP contribution in [0.3, 0.4) is 0 Å². The molecular weight excluding hydrogens is 352 g/mol. The van der Waals surface area contributed by atoms with Crippen LogP contribution in [0.1, 0.15) is 59.8 Å². The smallest absolute Gasteiger partial charge is 0.0923 e. The summed E-state index contributed by atoms with van der Waals surface area (Å²) in [5, 5.41) is 21.2. The zero-order valence-electron chi connectivity index (χ0n) is 14.9. The lowest BCUT2D eigenvalue weighted by molar-refractivity contribution is -0.101. The Morgan fingerprint density at radius 1 is 1.39 bits per heavy atom. The minimum Gasteiger partial charge on any atom is -0.386 e. The van der Waals surface area contributed by atoms with Gasteiger partial charge in [0.25, 0.3) is 0 Å². The molecule has 0 aromatic rings. The molecule has 3 heteroatoms. The van der Waals surface area contributed by atoms with Crippen LogP contribution in [0.4, 0.5) is 0 Å². The molecule has 0 aliphatic heterocycles. The van der Waals surface area contributed by atoms with Crippen LogP contribution in [0.5, 0.6) is 0 Å². The number of alkyl halides is 1. The Balaban J connectivity index is 2.19. The van der Waals surface area contributed by atoms with Crippen molar-refractivity contribution in [1.29, 1.82) is 0 Å². The standard InChI is InChI=1S/C20H31BrO2/c1-14(7-6-11-18(3,4)22)16-10-12-19(5)17(21)9-8-15(2)20(19,23)13-16/h6-7,11,16-17,22-23H,2,8-10,12-13H2,1,3-5H3/b11-6+,14-7+/t16-,17-,19+,20-/m1/s1. The topological polar surface area (TPSA) is 40.5 Å². The molecule has 2 fully saturated rings. The summed E-state index contributed by atoms with van der Waals surface area (Å²) < 4.78 is 0. The quantitative estimate of drug-likeness (QED) is 0.413. The molecule has 0 bridgehead atoms. The number of halogens is 1. The van der Waals surface area contributed by atoms with Gasteiger partial charge in [0.1, 0.15) is 0 Å². The highest BCUT2D eigenvalue weighted by molar-refractivity contribution is 9.09. The van der Waals surface area contributed by atoms with Gasteiger partial charge in [-0.1, -0.05) is 53.2 Å². The van der Waals surface area contributed by atoms with E-state index in [1.54, 1.807) is 19.9 Å². The van der Waals surface area contributed by atoms with Crippen molar-refractivity contribution in [2.75, 3.05) is 0 Å². The van der Waals surface area contributed by atoms with Crippen molar-refractivity contribution in [2.24, 2.45) is 11.3 Å². The van der Waals surface area contributed by atoms with Gasteiger partial charge in [0, 0.05) is 10.2 Å². The van der Waals surface area contributed by atoms with Gasteiger partial charge in [-0.25, -0.2) is 0 Å². The molecule has 0 aromatic heterocycles. The highest BCUT2D eigenvalue weighted by Gasteiger charge is 2.57. The van der Waals surface area contributed by atoms with E-state index in [1.807, 2.05) is 6.08 Å². The summed E-state index contributed by atoms with van der Waals surface area (Å²) in [5.41, 5.74) is 0.575. The summed E-state index contributed by atoms with van der Waals surface area (Å²) in [4.78, 5) is 0.353. The Morgan fingerprint density at radius 3 is 2.65 bits per heavy atom. The van der Waals surface area contributed by atoms with E-state index >= 15 is 0 Å². The fourth-order valence-electron chi connectivity index (χ4n) is 4.12. The molecule has 23 heavy (non-hydrogen) atoms. The normalized spacial score (nSPS) is 39.6. The number of rotatable bonds is 3. The molecule has 0 unspecified atom stereocenters. The summed E-state index contributed by atoms with van der Waals surface area (Å²) in [5.74, 6) is 0.370. The molecule has 2 nitrogen and oxygen atoms in total. The first-order valence-electron chi connectivity index (χ1n) is 8.63. The zero-order chi connectivity index (χ0) is 17.5. The number of hydrogen-bond donors (Lipinski definition) is 2. The van der Waals surface area contributed by atoms with Crippen molar-refractivity contribution in [3.8, 4) is 0 Å². The van der Waals surface area contributed by atoms with Gasteiger partial charge in [0.2, 0.25) is 0 Å². The van der Waals surface area contributed by atoms with Crippen LogP contribution in [-0.4, -0.2) is 26.2 Å². The molecule has 0 heterocycles. The third kappa shape index (κ3) is 3.67. The van der Waals surface area contributed by atoms with E-state index in [0.29, 0.717) is 10.7 Å². The average molecular weight is 383 g/mol. The van der Waals surface area contributed by atoms with Gasteiger partial charge in [0.15, 0.2) is 0 Å². The van der Waals surface area contributed by atoms with Crippen molar-refractivity contribution in [3.63, 3.8) is 0 Å². The minimum absolute atomic E-state index is 0.123. The minimum atomic E-state index is -0.791. The molecule has 2 aliphatic carbocycles. The lowest BCUT2D eigenvalue weighted by atomic mass is 9.53. The average Bonchev–Trinajstić information content (AvgIpc) is 2.44. The fourth-order valence-corrected chi connectivity index (χ4v) is 4.96. The molecule has 0 radical (unpaired) electrons. The van der Waals surface area contributed by atoms with E-state index < -0.39 is 11.2 Å². The van der Waals surface area contributed by atoms with E-state index in [0.717, 1.165) is 37.7 Å². The van der Waals surface area contributed by atoms with Crippen molar-refractivity contribution >= 4 is 15.9 Å². The van der Waals surface area contributed by atoms with Crippen LogP contribution < -0.4 is 0 Å². The van der Waals surface area contributed by atoms with Gasteiger partial charge in [-0.05, 0) is 64.4 Å². The molecular formula is C20H31BrO2. The second kappa shape index (κ2) is 6.50. The maximum absolute atomic E-state index is 11.4. The second-order valence-corrected chi connectivity index (χ2v) is 9.36. The van der Waals surface area contributed by atoms with Crippen molar-refractivity contribution in [3.05, 3.63) is 36.0 Å². The summed E-state index contributed by atoms with van der Waals surface area (Å²) in [7, 11) is 0. The maximum atomic E-state index is 11.4. The van der Waals surface area contributed by atoms with Gasteiger partial charge < -0.3 is 10.2 Å². The van der Waals surface area contributed by atoms with Gasteiger partial charge in [-0.2, -0.15) is 0 Å². The lowest BCUT2D eigenvalue weighted by Crippen LogP contribution is -2.58. The molecule has 0 saturated heterocycles. The third-order valence-electron chi connectivity index (χ3n) is 5.98. The van der Waals surface area contributed by atoms with E-state index in [2.05, 4.69) is 42.4 Å². The highest BCUT2D eigenvalue weighted by atomic mass is 79.9. The molecule has 0 spiro atoms. The molecule has 2 saturated carbocycles. The zero-order valence-corrected chi connectivity index (χ0v) is 16.5. The van der Waals surface area contributed by atoms with Crippen LogP contribution >= 0.6 is 15.9 Å². The summed E-state index contributed by atoms with van der Waals surface area (Å²) >= 11 is 3.81. The number of hydrogen-bond acceptors (Lipinski definition) is 2. The maximum Gasteiger partial charge on any atom is 0.0923 e. The second-order valence-electron chi connectivity index (χ2n) is 8.25. The molecule has 130 valence electrons. The van der Waals surface area contributed by atoms with Gasteiger partial charge in [-0.3, -0.25) is 0 Å². The highest BCUT2D eigenvalue weighted by Crippen LogP contribution is 2.58. The predicted molar refractivity (Wildman–Crippen MR) is 101 cm³/mol. The molecule has 0 amide bonds. The molecule has 4 atom stereocenters. The predicted octanol–water partition coefficient (Wildman–Crippen LogP) is 4.91. The van der Waals surface area contributed by atoms with Crippen molar-refractivity contribution < 1.29 is 10.2 Å². The van der Waals surface area contributed by atoms with Crippen LogP contribution in [-0.2, 0) is 0 Å².